The van der Waals surface area contributed by atoms with Gasteiger partial charge in [0.05, 0.1) is 33.6 Å². The van der Waals surface area contributed by atoms with E-state index in [1.54, 1.807) is 22.8 Å². The molecule has 13 heteroatoms. The van der Waals surface area contributed by atoms with Crippen molar-refractivity contribution in [2.75, 3.05) is 24.5 Å². The number of benzene rings is 2. The average Bonchev–Trinajstić information content (AvgIpc) is 3.66. The summed E-state index contributed by atoms with van der Waals surface area (Å²) in [5.41, 5.74) is 3.10. The van der Waals surface area contributed by atoms with Gasteiger partial charge in [-0.25, -0.2) is 9.19 Å². The Morgan fingerprint density at radius 1 is 1.09 bits per heavy atom. The van der Waals surface area contributed by atoms with Crippen LogP contribution in [-0.2, 0) is 30.6 Å². The third-order valence-electron chi connectivity index (χ3n) is 7.66. The highest BCUT2D eigenvalue weighted by Crippen LogP contribution is 2.34. The van der Waals surface area contributed by atoms with Crippen LogP contribution in [0.2, 0.25) is 30.7 Å². The van der Waals surface area contributed by atoms with Gasteiger partial charge in [0.1, 0.15) is 30.6 Å². The molecule has 4 heterocycles. The van der Waals surface area contributed by atoms with Gasteiger partial charge >= 0.3 is 6.01 Å². The molecule has 2 N–H and O–H groups in total. The van der Waals surface area contributed by atoms with Crippen molar-refractivity contribution in [2.45, 2.75) is 61.7 Å². The molecule has 44 heavy (non-hydrogen) atoms. The van der Waals surface area contributed by atoms with Crippen LogP contribution in [0.25, 0.3) is 22.4 Å². The van der Waals surface area contributed by atoms with E-state index in [0.29, 0.717) is 45.1 Å². The van der Waals surface area contributed by atoms with Crippen molar-refractivity contribution in [3.05, 3.63) is 65.7 Å². The quantitative estimate of drug-likeness (QED) is 0.131. The van der Waals surface area contributed by atoms with Gasteiger partial charge in [0.25, 0.3) is 0 Å². The van der Waals surface area contributed by atoms with Gasteiger partial charge in [-0.05, 0) is 42.2 Å². The minimum absolute atomic E-state index is 0.190. The zero-order chi connectivity index (χ0) is 31.1. The summed E-state index contributed by atoms with van der Waals surface area (Å²) >= 11 is 6.74. The predicted octanol–water partition coefficient (Wildman–Crippen LogP) is 5.07. The highest BCUT2D eigenvalue weighted by atomic mass is 35.5. The lowest BCUT2D eigenvalue weighted by Crippen LogP contribution is -2.35. The van der Waals surface area contributed by atoms with E-state index in [2.05, 4.69) is 30.2 Å². The molecule has 2 fully saturated rings. The van der Waals surface area contributed by atoms with Gasteiger partial charge in [-0.1, -0.05) is 61.6 Å². The van der Waals surface area contributed by atoms with E-state index < -0.39 is 36.1 Å². The monoisotopic (exact) mass is 656 g/mol. The van der Waals surface area contributed by atoms with Crippen molar-refractivity contribution in [1.29, 1.82) is 0 Å². The Hall–Kier alpha value is -2.97. The molecule has 2 aliphatic rings. The number of fused-ring (bicyclic) bond motifs is 2. The lowest BCUT2D eigenvalue weighted by molar-refractivity contribution is 0.00336. The fourth-order valence-electron chi connectivity index (χ4n) is 5.21. The Kier molecular flexibility index (Phi) is 8.77. The summed E-state index contributed by atoms with van der Waals surface area (Å²) in [6.45, 7) is 8.19. The van der Waals surface area contributed by atoms with Crippen LogP contribution >= 0.6 is 11.6 Å². The second kappa shape index (κ2) is 12.4. The molecule has 0 saturated carbocycles. The number of rotatable bonds is 11. The van der Waals surface area contributed by atoms with Crippen molar-refractivity contribution in [1.82, 2.24) is 14.5 Å². The van der Waals surface area contributed by atoms with E-state index in [4.69, 9.17) is 40.5 Å². The number of pyridine rings is 1. The molecule has 2 aromatic heterocycles. The molecule has 0 amide bonds. The standard InChI is InChI=1S/C31H37ClN4O6SSi/c1-43(38,22-8-6-5-7-9-22)35-21-12-10-20(11-13-21)27-23(32)16-24-30(34-27)36(19-39-14-15-44(2,3)4)31(33-24)42-26-18-41-28-25(37)17-40-29(26)28/h5-13,16,25-26,28-29,37H,1,14-15,17-19H2,2-4H3,(H,35,38)/t25-,26-,28-,29-,43?/m1/s1. The first kappa shape index (κ1) is 31.0. The molecule has 10 nitrogen and oxygen atoms in total. The zero-order valence-corrected chi connectivity index (χ0v) is 27.5. The van der Waals surface area contributed by atoms with E-state index in [9.17, 15) is 9.32 Å². The topological polar surface area (TPSA) is 117 Å². The van der Waals surface area contributed by atoms with Gasteiger partial charge < -0.3 is 28.8 Å². The number of imidazole rings is 1. The van der Waals surface area contributed by atoms with Gasteiger partial charge in [0.2, 0.25) is 0 Å². The number of nitrogens with zero attached hydrogens (tertiary/aromatic N) is 3. The first-order chi connectivity index (χ1) is 21.0. The third-order valence-corrected chi connectivity index (χ3v) is 11.3. The van der Waals surface area contributed by atoms with E-state index in [-0.39, 0.29) is 26.0 Å². The van der Waals surface area contributed by atoms with Crippen LogP contribution in [-0.4, -0.2) is 82.0 Å². The maximum absolute atomic E-state index is 13.2. The van der Waals surface area contributed by atoms with Crippen LogP contribution in [0.4, 0.5) is 5.69 Å². The number of aliphatic hydroxyl groups excluding tert-OH is 1. The number of ether oxygens (including phenoxy) is 4. The van der Waals surface area contributed by atoms with E-state index in [1.165, 1.54) is 0 Å². The molecular weight excluding hydrogens is 620 g/mol. The van der Waals surface area contributed by atoms with Crippen molar-refractivity contribution < 1.29 is 28.3 Å². The molecule has 0 aliphatic carbocycles. The lowest BCUT2D eigenvalue weighted by Gasteiger charge is -2.19. The number of halogens is 1. The second-order valence-corrected chi connectivity index (χ2v) is 20.4. The largest absolute Gasteiger partial charge is 0.456 e. The fourth-order valence-corrected chi connectivity index (χ4v) is 7.46. The number of aliphatic hydroxyl groups is 1. The Bertz CT molecular complexity index is 1730. The van der Waals surface area contributed by atoms with Crippen LogP contribution in [0.5, 0.6) is 6.01 Å². The first-order valence-corrected chi connectivity index (χ1v) is 20.3. The van der Waals surface area contributed by atoms with E-state index in [0.717, 1.165) is 11.6 Å². The number of nitrogens with one attached hydrogen (secondary N) is 1. The summed E-state index contributed by atoms with van der Waals surface area (Å²) in [5, 5.41) is 10.6. The number of aromatic nitrogens is 3. The molecule has 6 rings (SSSR count). The van der Waals surface area contributed by atoms with E-state index >= 15 is 0 Å². The lowest BCUT2D eigenvalue weighted by atomic mass is 10.1. The molecule has 0 bridgehead atoms. The van der Waals surface area contributed by atoms with Gasteiger partial charge in [0.15, 0.2) is 11.8 Å². The van der Waals surface area contributed by atoms with Gasteiger partial charge in [-0.3, -0.25) is 4.57 Å². The molecule has 2 aromatic carbocycles. The van der Waals surface area contributed by atoms with Gasteiger partial charge in [-0.2, -0.15) is 4.98 Å². The number of anilines is 1. The van der Waals surface area contributed by atoms with Crippen molar-refractivity contribution in [3.63, 3.8) is 0 Å². The third kappa shape index (κ3) is 6.66. The SMILES string of the molecule is C=S(=O)(Nc1ccc(-c2nc3c(cc2Cl)nc(O[C@@H]2CO[C@H]4[C@@H]2OC[C@H]4O)n3COCC[Si](C)(C)C)cc1)c1ccccc1. The maximum atomic E-state index is 13.2. The molecular formula is C31H37ClN4O6SSi. The van der Waals surface area contributed by atoms with Crippen LogP contribution in [0.1, 0.15) is 0 Å². The molecule has 5 atom stereocenters. The van der Waals surface area contributed by atoms with E-state index in [1.807, 2.05) is 42.5 Å². The fraction of sp³-hybridized carbons (Fsp3) is 0.387. The molecule has 0 spiro atoms. The van der Waals surface area contributed by atoms with Crippen molar-refractivity contribution >= 4 is 52.1 Å². The molecule has 0 radical (unpaired) electrons. The van der Waals surface area contributed by atoms with Crippen LogP contribution < -0.4 is 9.46 Å². The predicted molar refractivity (Wildman–Crippen MR) is 176 cm³/mol. The molecule has 234 valence electrons. The van der Waals surface area contributed by atoms with Crippen LogP contribution in [0, 0.1) is 0 Å². The van der Waals surface area contributed by atoms with Crippen LogP contribution in [0.3, 0.4) is 0 Å². The summed E-state index contributed by atoms with van der Waals surface area (Å²) in [4.78, 5) is 10.3. The number of hydrogen-bond donors (Lipinski definition) is 2. The highest BCUT2D eigenvalue weighted by molar-refractivity contribution is 8.01. The average molecular weight is 657 g/mol. The smallest absolute Gasteiger partial charge is 0.301 e. The highest BCUT2D eigenvalue weighted by Gasteiger charge is 2.49. The zero-order valence-electron chi connectivity index (χ0n) is 24.9. The Balaban J connectivity index is 1.28. The van der Waals surface area contributed by atoms with Gasteiger partial charge in [-0.15, -0.1) is 0 Å². The summed E-state index contributed by atoms with van der Waals surface area (Å²) in [6, 6.07) is 19.6. The summed E-state index contributed by atoms with van der Waals surface area (Å²) < 4.78 is 42.0. The summed E-state index contributed by atoms with van der Waals surface area (Å²) in [5.74, 6) is 3.90. The van der Waals surface area contributed by atoms with Crippen LogP contribution in [0.15, 0.2) is 65.6 Å². The minimum atomic E-state index is -2.73. The first-order valence-electron chi connectivity index (χ1n) is 14.5. The number of hydrogen-bond acceptors (Lipinski definition) is 8. The normalized spacial score (nSPS) is 23.0. The minimum Gasteiger partial charge on any atom is -0.456 e. The maximum Gasteiger partial charge on any atom is 0.301 e. The van der Waals surface area contributed by atoms with Crippen molar-refractivity contribution in [3.8, 4) is 17.3 Å². The summed E-state index contributed by atoms with van der Waals surface area (Å²) in [7, 11) is -4.03. The molecule has 2 aliphatic heterocycles. The molecule has 2 saturated heterocycles. The Labute approximate surface area is 263 Å². The van der Waals surface area contributed by atoms with Gasteiger partial charge in [0, 0.05) is 30.8 Å². The Morgan fingerprint density at radius 3 is 2.55 bits per heavy atom. The Morgan fingerprint density at radius 2 is 1.82 bits per heavy atom. The second-order valence-electron chi connectivity index (χ2n) is 12.3. The molecule has 4 aromatic rings. The summed E-state index contributed by atoms with van der Waals surface area (Å²) in [6.07, 6.45) is -1.93. The molecule has 1 unspecified atom stereocenters. The van der Waals surface area contributed by atoms with Crippen molar-refractivity contribution in [2.24, 2.45) is 0 Å².